The number of nitrogens with one attached hydrogen (secondary N) is 1. The minimum atomic E-state index is -0.254. The van der Waals surface area contributed by atoms with Crippen molar-refractivity contribution in [3.05, 3.63) is 35.4 Å². The minimum absolute atomic E-state index is 0. The first kappa shape index (κ1) is 15.4. The Balaban J connectivity index is 0.00000256. The fourth-order valence-corrected chi connectivity index (χ4v) is 1.22. The zero-order chi connectivity index (χ0) is 11.8. The van der Waals surface area contributed by atoms with Gasteiger partial charge in [-0.15, -0.1) is 12.4 Å². The Morgan fingerprint density at radius 2 is 2.06 bits per heavy atom. The van der Waals surface area contributed by atoms with E-state index in [1.165, 1.54) is 0 Å². The van der Waals surface area contributed by atoms with Crippen molar-refractivity contribution in [3.63, 3.8) is 0 Å². The summed E-state index contributed by atoms with van der Waals surface area (Å²) in [6, 6.07) is 9.27. The van der Waals surface area contributed by atoms with Crippen LogP contribution in [0, 0.1) is 11.3 Å². The highest BCUT2D eigenvalue weighted by Crippen LogP contribution is 2.02. The Hall–Kier alpha value is -1.57. The molecule has 0 aliphatic rings. The van der Waals surface area contributed by atoms with Crippen LogP contribution in [-0.2, 0) is 16.1 Å². The van der Waals surface area contributed by atoms with E-state index in [1.807, 2.05) is 12.1 Å². The van der Waals surface area contributed by atoms with Crippen molar-refractivity contribution in [1.82, 2.24) is 5.32 Å². The number of rotatable bonds is 5. The molecule has 0 radical (unpaired) electrons. The third-order valence-electron chi connectivity index (χ3n) is 1.99. The van der Waals surface area contributed by atoms with Crippen molar-refractivity contribution < 1.29 is 9.53 Å². The lowest BCUT2D eigenvalue weighted by Crippen LogP contribution is -2.24. The van der Waals surface area contributed by atoms with Gasteiger partial charge in [-0.3, -0.25) is 4.79 Å². The lowest BCUT2D eigenvalue weighted by atomic mass is 10.1. The van der Waals surface area contributed by atoms with E-state index in [4.69, 9.17) is 10.00 Å². The zero-order valence-electron chi connectivity index (χ0n) is 9.60. The lowest BCUT2D eigenvalue weighted by molar-refractivity contribution is -0.142. The molecule has 0 heterocycles. The highest BCUT2D eigenvalue weighted by molar-refractivity contribution is 5.85. The number of benzene rings is 1. The van der Waals surface area contributed by atoms with Crippen LogP contribution in [0.5, 0.6) is 0 Å². The van der Waals surface area contributed by atoms with E-state index in [1.54, 1.807) is 19.1 Å². The molecule has 4 nitrogen and oxygen atoms in total. The molecule has 0 saturated carbocycles. The van der Waals surface area contributed by atoms with Gasteiger partial charge in [0.1, 0.15) is 0 Å². The smallest absolute Gasteiger partial charge is 0.319 e. The fourth-order valence-electron chi connectivity index (χ4n) is 1.22. The topological polar surface area (TPSA) is 62.1 Å². The maximum Gasteiger partial charge on any atom is 0.319 e. The number of nitriles is 1. The van der Waals surface area contributed by atoms with Crippen molar-refractivity contribution in [2.45, 2.75) is 13.5 Å². The summed E-state index contributed by atoms with van der Waals surface area (Å²) in [4.78, 5) is 11.0. The second kappa shape index (κ2) is 8.57. The van der Waals surface area contributed by atoms with Crippen LogP contribution in [0.4, 0.5) is 0 Å². The van der Waals surface area contributed by atoms with Crippen LogP contribution >= 0.6 is 12.4 Å². The van der Waals surface area contributed by atoms with E-state index in [9.17, 15) is 4.79 Å². The van der Waals surface area contributed by atoms with Crippen LogP contribution in [0.15, 0.2) is 24.3 Å². The molecular weight excluding hydrogens is 240 g/mol. The van der Waals surface area contributed by atoms with Gasteiger partial charge in [0.25, 0.3) is 0 Å². The molecule has 0 aliphatic carbocycles. The van der Waals surface area contributed by atoms with Crippen LogP contribution in [0.3, 0.4) is 0 Å². The molecule has 17 heavy (non-hydrogen) atoms. The first-order chi connectivity index (χ1) is 7.76. The Bertz CT molecular complexity index is 384. The molecule has 1 aromatic rings. The zero-order valence-corrected chi connectivity index (χ0v) is 10.4. The number of hydrogen-bond acceptors (Lipinski definition) is 4. The van der Waals surface area contributed by atoms with E-state index in [2.05, 4.69) is 11.4 Å². The Morgan fingerprint density at radius 1 is 1.41 bits per heavy atom. The lowest BCUT2D eigenvalue weighted by Gasteiger charge is -2.04. The second-order valence-electron chi connectivity index (χ2n) is 3.22. The van der Waals surface area contributed by atoms with Crippen molar-refractivity contribution in [2.75, 3.05) is 13.2 Å². The third kappa shape index (κ3) is 5.91. The van der Waals surface area contributed by atoms with Gasteiger partial charge in [-0.2, -0.15) is 5.26 Å². The summed E-state index contributed by atoms with van der Waals surface area (Å²) in [6.07, 6.45) is 0. The monoisotopic (exact) mass is 254 g/mol. The molecular formula is C12H15ClN2O2. The molecule has 0 aromatic heterocycles. The summed E-state index contributed by atoms with van der Waals surface area (Å²) in [5.41, 5.74) is 1.66. The predicted molar refractivity (Wildman–Crippen MR) is 66.7 cm³/mol. The van der Waals surface area contributed by atoms with Gasteiger partial charge in [0.2, 0.25) is 0 Å². The van der Waals surface area contributed by atoms with Gasteiger partial charge in [0, 0.05) is 6.54 Å². The van der Waals surface area contributed by atoms with Gasteiger partial charge >= 0.3 is 5.97 Å². The fraction of sp³-hybridized carbons (Fsp3) is 0.333. The van der Waals surface area contributed by atoms with Crippen LogP contribution in [0.1, 0.15) is 18.1 Å². The highest BCUT2D eigenvalue weighted by Gasteiger charge is 2.00. The van der Waals surface area contributed by atoms with E-state index in [0.717, 1.165) is 5.56 Å². The third-order valence-corrected chi connectivity index (χ3v) is 1.99. The van der Waals surface area contributed by atoms with Gasteiger partial charge in [-0.1, -0.05) is 12.1 Å². The van der Waals surface area contributed by atoms with Gasteiger partial charge in [0.05, 0.1) is 24.8 Å². The number of carbonyl (C=O) groups is 1. The summed E-state index contributed by atoms with van der Waals surface area (Å²) in [5, 5.41) is 11.6. The van der Waals surface area contributed by atoms with E-state index in [-0.39, 0.29) is 24.9 Å². The summed E-state index contributed by atoms with van der Waals surface area (Å²) >= 11 is 0. The molecule has 0 amide bonds. The Labute approximate surface area is 107 Å². The minimum Gasteiger partial charge on any atom is -0.465 e. The van der Waals surface area contributed by atoms with Crippen molar-refractivity contribution in [2.24, 2.45) is 0 Å². The second-order valence-corrected chi connectivity index (χ2v) is 3.22. The summed E-state index contributed by atoms with van der Waals surface area (Å²) in [6.45, 7) is 2.97. The van der Waals surface area contributed by atoms with E-state index in [0.29, 0.717) is 18.7 Å². The van der Waals surface area contributed by atoms with Gasteiger partial charge in [-0.25, -0.2) is 0 Å². The van der Waals surface area contributed by atoms with Gasteiger partial charge < -0.3 is 10.1 Å². The first-order valence-corrected chi connectivity index (χ1v) is 5.11. The standard InChI is InChI=1S/C12H14N2O2.ClH/c1-2-16-12(15)9-14-8-11-5-3-10(7-13)4-6-11;/h3-6,14H,2,8-9H2,1H3;1H. The SMILES string of the molecule is CCOC(=O)CNCc1ccc(C#N)cc1.Cl. The largest absolute Gasteiger partial charge is 0.465 e. The molecule has 0 fully saturated rings. The van der Waals surface area contributed by atoms with E-state index < -0.39 is 0 Å². The molecule has 0 aliphatic heterocycles. The molecule has 92 valence electrons. The van der Waals surface area contributed by atoms with Gasteiger partial charge in [0.15, 0.2) is 0 Å². The number of hydrogen-bond donors (Lipinski definition) is 1. The summed E-state index contributed by atoms with van der Waals surface area (Å²) in [7, 11) is 0. The Kier molecular flexibility index (Phi) is 7.78. The molecule has 0 saturated heterocycles. The molecule has 0 atom stereocenters. The summed E-state index contributed by atoms with van der Waals surface area (Å²) in [5.74, 6) is -0.254. The molecule has 0 spiro atoms. The first-order valence-electron chi connectivity index (χ1n) is 5.11. The predicted octanol–water partition coefficient (Wildman–Crippen LogP) is 1.63. The summed E-state index contributed by atoms with van der Waals surface area (Å²) < 4.78 is 4.77. The average Bonchev–Trinajstić information content (AvgIpc) is 2.30. The van der Waals surface area contributed by atoms with Crippen molar-refractivity contribution in [1.29, 1.82) is 5.26 Å². The number of nitrogens with zero attached hydrogens (tertiary/aromatic N) is 1. The number of esters is 1. The maximum atomic E-state index is 11.0. The average molecular weight is 255 g/mol. The van der Waals surface area contributed by atoms with Crippen molar-refractivity contribution >= 4 is 18.4 Å². The molecule has 5 heteroatoms. The molecule has 0 unspecified atom stereocenters. The van der Waals surface area contributed by atoms with Crippen LogP contribution < -0.4 is 5.32 Å². The van der Waals surface area contributed by atoms with Gasteiger partial charge in [-0.05, 0) is 24.6 Å². The number of carbonyl (C=O) groups excluding carboxylic acids is 1. The molecule has 1 N–H and O–H groups in total. The molecule has 1 aromatic carbocycles. The quantitative estimate of drug-likeness (QED) is 0.812. The number of ether oxygens (including phenoxy) is 1. The van der Waals surface area contributed by atoms with Crippen molar-refractivity contribution in [3.8, 4) is 6.07 Å². The van der Waals surface area contributed by atoms with E-state index >= 15 is 0 Å². The molecule has 1 rings (SSSR count). The Morgan fingerprint density at radius 3 is 2.59 bits per heavy atom. The molecule has 0 bridgehead atoms. The van der Waals surface area contributed by atoms with Crippen LogP contribution in [-0.4, -0.2) is 19.1 Å². The maximum absolute atomic E-state index is 11.0. The van der Waals surface area contributed by atoms with Crippen LogP contribution in [0.2, 0.25) is 0 Å². The highest BCUT2D eigenvalue weighted by atomic mass is 35.5. The number of halogens is 1. The van der Waals surface area contributed by atoms with Crippen LogP contribution in [0.25, 0.3) is 0 Å². The normalized spacial score (nSPS) is 8.94.